The molecule has 0 aliphatic heterocycles. The van der Waals surface area contributed by atoms with Crippen LogP contribution in [0.2, 0.25) is 0 Å². The van der Waals surface area contributed by atoms with Gasteiger partial charge in [-0.05, 0) is 12.1 Å². The molecule has 0 saturated carbocycles. The van der Waals surface area contributed by atoms with Crippen molar-refractivity contribution in [2.45, 2.75) is 6.54 Å². The van der Waals surface area contributed by atoms with E-state index in [-0.39, 0.29) is 12.6 Å². The van der Waals surface area contributed by atoms with Gasteiger partial charge in [0, 0.05) is 36.6 Å². The number of anilines is 1. The summed E-state index contributed by atoms with van der Waals surface area (Å²) < 4.78 is 5.15. The summed E-state index contributed by atoms with van der Waals surface area (Å²) in [6.45, 7) is 0.199. The molecule has 0 radical (unpaired) electrons. The third-order valence-corrected chi connectivity index (χ3v) is 3.44. The average molecular weight is 316 g/mol. The molecule has 0 fully saturated rings. The number of hydrogen-bond donors (Lipinski definition) is 1. The predicted molar refractivity (Wildman–Crippen MR) is 80.1 cm³/mol. The second-order valence-corrected chi connectivity index (χ2v) is 5.27. The molecule has 0 aliphatic rings. The van der Waals surface area contributed by atoms with Gasteiger partial charge in [0.2, 0.25) is 11.7 Å². The Hall–Kier alpha value is -2.81. The number of amides is 2. The molecule has 0 aliphatic carbocycles. The molecular weight excluding hydrogens is 304 g/mol. The van der Waals surface area contributed by atoms with Crippen LogP contribution in [0.1, 0.15) is 5.89 Å². The number of nitrogens with zero attached hydrogens (tertiary/aromatic N) is 5. The van der Waals surface area contributed by atoms with Crippen LogP contribution in [0.3, 0.4) is 0 Å². The Morgan fingerprint density at radius 1 is 1.45 bits per heavy atom. The van der Waals surface area contributed by atoms with Crippen LogP contribution in [0.5, 0.6) is 0 Å². The van der Waals surface area contributed by atoms with Crippen LogP contribution in [0.4, 0.5) is 9.93 Å². The van der Waals surface area contributed by atoms with E-state index in [4.69, 9.17) is 4.52 Å². The van der Waals surface area contributed by atoms with Crippen molar-refractivity contribution in [1.82, 2.24) is 25.0 Å². The second-order valence-electron chi connectivity index (χ2n) is 4.38. The molecule has 2 amide bonds. The van der Waals surface area contributed by atoms with Gasteiger partial charge in [0.05, 0.1) is 0 Å². The highest BCUT2D eigenvalue weighted by atomic mass is 32.1. The molecule has 0 atom stereocenters. The number of pyridine rings is 1. The molecule has 3 rings (SSSR count). The minimum Gasteiger partial charge on any atom is -0.337 e. The summed E-state index contributed by atoms with van der Waals surface area (Å²) in [4.78, 5) is 25.6. The van der Waals surface area contributed by atoms with E-state index in [0.717, 1.165) is 5.56 Å². The quantitative estimate of drug-likeness (QED) is 0.793. The summed E-state index contributed by atoms with van der Waals surface area (Å²) in [5.41, 5.74) is 0.757. The van der Waals surface area contributed by atoms with E-state index in [9.17, 15) is 4.79 Å². The fourth-order valence-corrected chi connectivity index (χ4v) is 2.20. The zero-order valence-corrected chi connectivity index (χ0v) is 12.4. The number of hydrogen-bond acceptors (Lipinski definition) is 7. The van der Waals surface area contributed by atoms with Gasteiger partial charge in [-0.2, -0.15) is 4.98 Å². The van der Waals surface area contributed by atoms with Crippen molar-refractivity contribution in [3.63, 3.8) is 0 Å². The molecule has 0 aromatic carbocycles. The number of thiazole rings is 1. The Morgan fingerprint density at radius 2 is 2.36 bits per heavy atom. The normalized spacial score (nSPS) is 10.4. The summed E-state index contributed by atoms with van der Waals surface area (Å²) in [6.07, 6.45) is 4.94. The maximum Gasteiger partial charge on any atom is 0.323 e. The van der Waals surface area contributed by atoms with Crippen LogP contribution in [0.15, 0.2) is 40.6 Å². The van der Waals surface area contributed by atoms with Crippen LogP contribution in [0.25, 0.3) is 11.4 Å². The Bertz CT molecular complexity index is 743. The number of urea groups is 1. The first kappa shape index (κ1) is 14.1. The van der Waals surface area contributed by atoms with Crippen molar-refractivity contribution in [2.24, 2.45) is 0 Å². The Kier molecular flexibility index (Phi) is 4.05. The number of rotatable bonds is 4. The average Bonchev–Trinajstić information content (AvgIpc) is 3.20. The molecule has 1 N–H and O–H groups in total. The van der Waals surface area contributed by atoms with E-state index in [1.54, 1.807) is 37.1 Å². The maximum absolute atomic E-state index is 12.0. The van der Waals surface area contributed by atoms with Crippen LogP contribution in [0, 0.1) is 0 Å². The monoisotopic (exact) mass is 316 g/mol. The lowest BCUT2D eigenvalue weighted by Gasteiger charge is -2.14. The van der Waals surface area contributed by atoms with Gasteiger partial charge in [0.1, 0.15) is 6.54 Å². The molecule has 3 aromatic heterocycles. The number of nitrogens with one attached hydrogen (secondary N) is 1. The first-order chi connectivity index (χ1) is 10.7. The van der Waals surface area contributed by atoms with Gasteiger partial charge >= 0.3 is 6.03 Å². The van der Waals surface area contributed by atoms with Crippen LogP contribution < -0.4 is 5.32 Å². The summed E-state index contributed by atoms with van der Waals surface area (Å²) in [7, 11) is 1.64. The largest absolute Gasteiger partial charge is 0.337 e. The number of carbonyl (C=O) groups is 1. The van der Waals surface area contributed by atoms with E-state index in [0.29, 0.717) is 16.8 Å². The summed E-state index contributed by atoms with van der Waals surface area (Å²) in [5, 5.41) is 8.88. The summed E-state index contributed by atoms with van der Waals surface area (Å²) >= 11 is 1.35. The number of aromatic nitrogens is 4. The Morgan fingerprint density at radius 3 is 3.09 bits per heavy atom. The highest BCUT2D eigenvalue weighted by molar-refractivity contribution is 7.13. The molecular formula is C13H12N6O2S. The molecule has 3 heterocycles. The fraction of sp³-hybridized carbons (Fsp3) is 0.154. The SMILES string of the molecule is CN(Cc1nc(-c2cccnc2)no1)C(=O)Nc1nccs1. The lowest BCUT2D eigenvalue weighted by atomic mass is 10.3. The zero-order valence-electron chi connectivity index (χ0n) is 11.6. The first-order valence-electron chi connectivity index (χ1n) is 6.37. The van der Waals surface area contributed by atoms with E-state index in [1.165, 1.54) is 16.2 Å². The third-order valence-electron chi connectivity index (χ3n) is 2.75. The summed E-state index contributed by atoms with van der Waals surface area (Å²) in [5.74, 6) is 0.785. The van der Waals surface area contributed by atoms with Crippen LogP contribution in [-0.2, 0) is 6.54 Å². The smallest absolute Gasteiger partial charge is 0.323 e. The van der Waals surface area contributed by atoms with Gasteiger partial charge in [-0.15, -0.1) is 11.3 Å². The van der Waals surface area contributed by atoms with Gasteiger partial charge in [-0.1, -0.05) is 5.16 Å². The van der Waals surface area contributed by atoms with Gasteiger partial charge in [-0.25, -0.2) is 9.78 Å². The molecule has 0 saturated heterocycles. The topological polar surface area (TPSA) is 97.0 Å². The first-order valence-corrected chi connectivity index (χ1v) is 7.25. The van der Waals surface area contributed by atoms with Crippen LogP contribution >= 0.6 is 11.3 Å². The molecule has 0 bridgehead atoms. The third kappa shape index (κ3) is 3.26. The van der Waals surface area contributed by atoms with Crippen molar-refractivity contribution >= 4 is 22.5 Å². The maximum atomic E-state index is 12.0. The molecule has 0 spiro atoms. The van der Waals surface area contributed by atoms with Gasteiger partial charge in [-0.3, -0.25) is 10.3 Å². The molecule has 22 heavy (non-hydrogen) atoms. The zero-order chi connectivity index (χ0) is 15.4. The van der Waals surface area contributed by atoms with Crippen molar-refractivity contribution < 1.29 is 9.32 Å². The minimum atomic E-state index is -0.295. The van der Waals surface area contributed by atoms with Gasteiger partial charge in [0.15, 0.2) is 5.13 Å². The lowest BCUT2D eigenvalue weighted by Crippen LogP contribution is -2.30. The highest BCUT2D eigenvalue weighted by Crippen LogP contribution is 2.15. The fourth-order valence-electron chi connectivity index (χ4n) is 1.68. The lowest BCUT2D eigenvalue weighted by molar-refractivity contribution is 0.213. The molecule has 9 heteroatoms. The minimum absolute atomic E-state index is 0.199. The molecule has 0 unspecified atom stereocenters. The van der Waals surface area contributed by atoms with Crippen molar-refractivity contribution in [2.75, 3.05) is 12.4 Å². The molecule has 112 valence electrons. The van der Waals surface area contributed by atoms with Crippen molar-refractivity contribution in [3.8, 4) is 11.4 Å². The number of carbonyl (C=O) groups excluding carboxylic acids is 1. The van der Waals surface area contributed by atoms with Gasteiger partial charge < -0.3 is 9.42 Å². The van der Waals surface area contributed by atoms with Crippen LogP contribution in [-0.4, -0.2) is 38.1 Å². The van der Waals surface area contributed by atoms with Gasteiger partial charge in [0.25, 0.3) is 0 Å². The van der Waals surface area contributed by atoms with E-state index in [1.807, 2.05) is 6.07 Å². The predicted octanol–water partition coefficient (Wildman–Crippen LogP) is 2.25. The second kappa shape index (κ2) is 6.31. The Balaban J connectivity index is 1.63. The van der Waals surface area contributed by atoms with E-state index < -0.39 is 0 Å². The van der Waals surface area contributed by atoms with E-state index >= 15 is 0 Å². The standard InChI is InChI=1S/C13H12N6O2S/c1-19(13(20)17-12-15-5-6-22-12)8-10-16-11(18-21-10)9-3-2-4-14-7-9/h2-7H,8H2,1H3,(H,15,17,20). The summed E-state index contributed by atoms with van der Waals surface area (Å²) in [6, 6.07) is 3.33. The van der Waals surface area contributed by atoms with E-state index in [2.05, 4.69) is 25.4 Å². The van der Waals surface area contributed by atoms with Crippen molar-refractivity contribution in [1.29, 1.82) is 0 Å². The Labute approximate surface area is 129 Å². The molecule has 8 nitrogen and oxygen atoms in total. The highest BCUT2D eigenvalue weighted by Gasteiger charge is 2.15. The van der Waals surface area contributed by atoms with Crippen molar-refractivity contribution in [3.05, 3.63) is 42.0 Å². The molecule has 3 aromatic rings.